The molecule has 0 saturated heterocycles. The number of aromatic amines is 1. The number of nitrogens with two attached hydrogens (primary N) is 1. The van der Waals surface area contributed by atoms with Gasteiger partial charge in [-0.3, -0.25) is 0 Å². The zero-order valence-electron chi connectivity index (χ0n) is 5.91. The van der Waals surface area contributed by atoms with Gasteiger partial charge in [-0.15, -0.1) is 10.2 Å². The van der Waals surface area contributed by atoms with Crippen molar-refractivity contribution < 1.29 is 0 Å². The van der Waals surface area contributed by atoms with Gasteiger partial charge in [0, 0.05) is 12.5 Å². The van der Waals surface area contributed by atoms with Gasteiger partial charge in [-0.2, -0.15) is 5.21 Å². The fourth-order valence-corrected chi connectivity index (χ4v) is 0.645. The molecular formula is C5H11N5. The Morgan fingerprint density at radius 3 is 3.00 bits per heavy atom. The highest BCUT2D eigenvalue weighted by Gasteiger charge is 1.99. The quantitative estimate of drug-likeness (QED) is 0.593. The van der Waals surface area contributed by atoms with Crippen molar-refractivity contribution in [2.75, 3.05) is 0 Å². The van der Waals surface area contributed by atoms with Crippen LogP contribution in [0.3, 0.4) is 0 Å². The SMILES string of the molecule is CC(N)CCc1nn[nH]n1. The molecule has 0 aliphatic carbocycles. The Bertz CT molecular complexity index is 168. The van der Waals surface area contributed by atoms with Crippen LogP contribution in [0.4, 0.5) is 0 Å². The normalized spacial score (nSPS) is 13.4. The first-order chi connectivity index (χ1) is 4.79. The molecular weight excluding hydrogens is 130 g/mol. The molecule has 0 spiro atoms. The summed E-state index contributed by atoms with van der Waals surface area (Å²) in [5.74, 6) is 0.734. The van der Waals surface area contributed by atoms with E-state index in [1.807, 2.05) is 6.92 Å². The minimum Gasteiger partial charge on any atom is -0.328 e. The predicted octanol–water partition coefficient (Wildman–Crippen LogP) is -0.520. The van der Waals surface area contributed by atoms with Crippen LogP contribution < -0.4 is 5.73 Å². The highest BCUT2D eigenvalue weighted by Crippen LogP contribution is 1.93. The van der Waals surface area contributed by atoms with E-state index in [-0.39, 0.29) is 6.04 Å². The molecule has 1 rings (SSSR count). The standard InChI is InChI=1S/C5H11N5/c1-4(6)2-3-5-7-9-10-8-5/h4H,2-3,6H2,1H3,(H,7,8,9,10). The number of tetrazole rings is 1. The molecule has 0 bridgehead atoms. The Morgan fingerprint density at radius 2 is 2.50 bits per heavy atom. The van der Waals surface area contributed by atoms with Crippen molar-refractivity contribution in [1.82, 2.24) is 20.6 Å². The summed E-state index contributed by atoms with van der Waals surface area (Å²) in [6, 6.07) is 0.207. The first-order valence-corrected chi connectivity index (χ1v) is 3.27. The number of nitrogens with zero attached hydrogens (tertiary/aromatic N) is 3. The summed E-state index contributed by atoms with van der Waals surface area (Å²) in [5, 5.41) is 13.4. The zero-order valence-corrected chi connectivity index (χ0v) is 5.91. The van der Waals surface area contributed by atoms with Crippen LogP contribution in [0.1, 0.15) is 19.2 Å². The van der Waals surface area contributed by atoms with E-state index in [1.165, 1.54) is 0 Å². The summed E-state index contributed by atoms with van der Waals surface area (Å²) >= 11 is 0. The summed E-state index contributed by atoms with van der Waals surface area (Å²) in [7, 11) is 0. The molecule has 0 saturated carbocycles. The van der Waals surface area contributed by atoms with E-state index < -0.39 is 0 Å². The van der Waals surface area contributed by atoms with E-state index in [0.717, 1.165) is 18.7 Å². The Morgan fingerprint density at radius 1 is 1.70 bits per heavy atom. The van der Waals surface area contributed by atoms with Crippen LogP contribution in [0, 0.1) is 0 Å². The third kappa shape index (κ3) is 2.10. The summed E-state index contributed by atoms with van der Waals surface area (Å²) in [6.07, 6.45) is 1.70. The Balaban J connectivity index is 2.28. The second-order valence-electron chi connectivity index (χ2n) is 2.34. The minimum absolute atomic E-state index is 0.207. The average molecular weight is 141 g/mol. The van der Waals surface area contributed by atoms with Gasteiger partial charge in [0.05, 0.1) is 0 Å². The van der Waals surface area contributed by atoms with E-state index in [4.69, 9.17) is 5.73 Å². The maximum absolute atomic E-state index is 5.52. The van der Waals surface area contributed by atoms with Crippen LogP contribution in [0.2, 0.25) is 0 Å². The molecule has 0 fully saturated rings. The number of H-pyrrole nitrogens is 1. The smallest absolute Gasteiger partial charge is 0.174 e. The molecule has 0 amide bonds. The first kappa shape index (κ1) is 7.14. The van der Waals surface area contributed by atoms with Gasteiger partial charge in [-0.05, 0) is 13.3 Å². The lowest BCUT2D eigenvalue weighted by Crippen LogP contribution is -2.15. The maximum Gasteiger partial charge on any atom is 0.174 e. The number of hydrogen-bond acceptors (Lipinski definition) is 4. The Hall–Kier alpha value is -0.970. The van der Waals surface area contributed by atoms with Crippen molar-refractivity contribution in [3.8, 4) is 0 Å². The molecule has 1 atom stereocenters. The summed E-state index contributed by atoms with van der Waals surface area (Å²) in [5.41, 5.74) is 5.52. The van der Waals surface area contributed by atoms with Crippen LogP contribution in [-0.2, 0) is 6.42 Å². The molecule has 0 radical (unpaired) electrons. The second kappa shape index (κ2) is 3.26. The number of nitrogens with one attached hydrogen (secondary N) is 1. The highest BCUT2D eigenvalue weighted by atomic mass is 15.5. The van der Waals surface area contributed by atoms with E-state index in [2.05, 4.69) is 20.6 Å². The van der Waals surface area contributed by atoms with Gasteiger partial charge in [0.2, 0.25) is 0 Å². The molecule has 0 aromatic carbocycles. The monoisotopic (exact) mass is 141 g/mol. The predicted molar refractivity (Wildman–Crippen MR) is 36.1 cm³/mol. The summed E-state index contributed by atoms with van der Waals surface area (Å²) in [4.78, 5) is 0. The van der Waals surface area contributed by atoms with Crippen molar-refractivity contribution in [3.05, 3.63) is 5.82 Å². The van der Waals surface area contributed by atoms with Gasteiger partial charge >= 0.3 is 0 Å². The third-order valence-electron chi connectivity index (χ3n) is 1.21. The number of aromatic nitrogens is 4. The first-order valence-electron chi connectivity index (χ1n) is 3.27. The largest absolute Gasteiger partial charge is 0.328 e. The van der Waals surface area contributed by atoms with E-state index in [1.54, 1.807) is 0 Å². The van der Waals surface area contributed by atoms with Crippen molar-refractivity contribution in [1.29, 1.82) is 0 Å². The van der Waals surface area contributed by atoms with Crippen molar-refractivity contribution >= 4 is 0 Å². The van der Waals surface area contributed by atoms with Gasteiger partial charge in [0.15, 0.2) is 5.82 Å². The van der Waals surface area contributed by atoms with Gasteiger partial charge in [-0.25, -0.2) is 0 Å². The van der Waals surface area contributed by atoms with E-state index in [0.29, 0.717) is 0 Å². The molecule has 10 heavy (non-hydrogen) atoms. The lowest BCUT2D eigenvalue weighted by molar-refractivity contribution is 0.648. The lowest BCUT2D eigenvalue weighted by atomic mass is 10.2. The Kier molecular flexibility index (Phi) is 2.33. The summed E-state index contributed by atoms with van der Waals surface area (Å²) in [6.45, 7) is 1.96. The van der Waals surface area contributed by atoms with Gasteiger partial charge in [0.25, 0.3) is 0 Å². The van der Waals surface area contributed by atoms with Crippen LogP contribution in [0.15, 0.2) is 0 Å². The number of aryl methyl sites for hydroxylation is 1. The molecule has 5 nitrogen and oxygen atoms in total. The molecule has 56 valence electrons. The molecule has 1 heterocycles. The minimum atomic E-state index is 0.207. The third-order valence-corrected chi connectivity index (χ3v) is 1.21. The Labute approximate surface area is 59.0 Å². The molecule has 1 aromatic rings. The summed E-state index contributed by atoms with van der Waals surface area (Å²) < 4.78 is 0. The molecule has 5 heteroatoms. The second-order valence-corrected chi connectivity index (χ2v) is 2.34. The van der Waals surface area contributed by atoms with Crippen LogP contribution in [0.5, 0.6) is 0 Å². The topological polar surface area (TPSA) is 80.5 Å². The molecule has 0 aliphatic heterocycles. The van der Waals surface area contributed by atoms with Crippen molar-refractivity contribution in [2.24, 2.45) is 5.73 Å². The fourth-order valence-electron chi connectivity index (χ4n) is 0.645. The molecule has 1 aromatic heterocycles. The van der Waals surface area contributed by atoms with Crippen LogP contribution >= 0.6 is 0 Å². The van der Waals surface area contributed by atoms with E-state index >= 15 is 0 Å². The maximum atomic E-state index is 5.52. The van der Waals surface area contributed by atoms with Gasteiger partial charge in [0.1, 0.15) is 0 Å². The lowest BCUT2D eigenvalue weighted by Gasteiger charge is -1.98. The number of rotatable bonds is 3. The molecule has 1 unspecified atom stereocenters. The molecule has 3 N–H and O–H groups in total. The number of hydrogen-bond donors (Lipinski definition) is 2. The van der Waals surface area contributed by atoms with Gasteiger partial charge < -0.3 is 5.73 Å². The van der Waals surface area contributed by atoms with E-state index in [9.17, 15) is 0 Å². The molecule has 0 aliphatic rings. The highest BCUT2D eigenvalue weighted by molar-refractivity contribution is 4.76. The van der Waals surface area contributed by atoms with Crippen LogP contribution in [-0.4, -0.2) is 26.7 Å². The van der Waals surface area contributed by atoms with Crippen molar-refractivity contribution in [2.45, 2.75) is 25.8 Å². The fraction of sp³-hybridized carbons (Fsp3) is 0.800. The van der Waals surface area contributed by atoms with Crippen LogP contribution in [0.25, 0.3) is 0 Å². The van der Waals surface area contributed by atoms with Gasteiger partial charge in [-0.1, -0.05) is 5.21 Å². The zero-order chi connectivity index (χ0) is 7.40. The average Bonchev–Trinajstić information content (AvgIpc) is 2.34. The van der Waals surface area contributed by atoms with Crippen molar-refractivity contribution in [3.63, 3.8) is 0 Å².